The first-order valence-electron chi connectivity index (χ1n) is 15.5. The highest BCUT2D eigenvalue weighted by molar-refractivity contribution is 5.81. The highest BCUT2D eigenvalue weighted by atomic mass is 14.6. The number of aromatic nitrogens is 1. The van der Waals surface area contributed by atoms with Gasteiger partial charge in [0.25, 0.3) is 0 Å². The lowest BCUT2D eigenvalue weighted by atomic mass is 9.81. The third-order valence-corrected chi connectivity index (χ3v) is 7.33. The van der Waals surface area contributed by atoms with E-state index in [4.69, 9.17) is 0 Å². The Balaban J connectivity index is 0.000000217. The molecule has 0 N–H and O–H groups in total. The minimum Gasteiger partial charge on any atom is -0.256 e. The lowest BCUT2D eigenvalue weighted by Crippen LogP contribution is -2.15. The second-order valence-corrected chi connectivity index (χ2v) is 11.6. The van der Waals surface area contributed by atoms with Crippen LogP contribution in [0.4, 0.5) is 0 Å². The van der Waals surface area contributed by atoms with E-state index in [0.29, 0.717) is 0 Å². The topological polar surface area (TPSA) is 12.9 Å². The van der Waals surface area contributed by atoms with Gasteiger partial charge in [-0.15, -0.1) is 0 Å². The SMILES string of the molecule is CC.CC.Cc1cc(C)cc(C)c1.Cc1ccc2c(c1)C(C)(C)c1cc(C)ccc1-2.Cc1cnc2cc(C)ccc2c1. The molecular weight excluding hydrogens is 506 g/mol. The molecule has 0 bridgehead atoms. The van der Waals surface area contributed by atoms with Crippen LogP contribution < -0.4 is 0 Å². The molecule has 1 heteroatoms. The minimum absolute atomic E-state index is 0.142. The number of hydrogen-bond donors (Lipinski definition) is 0. The molecule has 1 aromatic heterocycles. The molecule has 1 aliphatic rings. The molecule has 1 heterocycles. The summed E-state index contributed by atoms with van der Waals surface area (Å²) in [7, 11) is 0. The van der Waals surface area contributed by atoms with Crippen molar-refractivity contribution in [1.82, 2.24) is 4.98 Å². The minimum atomic E-state index is 0.142. The number of fused-ring (bicyclic) bond motifs is 4. The van der Waals surface area contributed by atoms with Crippen molar-refractivity contribution in [3.8, 4) is 11.1 Å². The molecule has 0 fully saturated rings. The van der Waals surface area contributed by atoms with Crippen LogP contribution >= 0.6 is 0 Å². The van der Waals surface area contributed by atoms with E-state index in [-0.39, 0.29) is 5.41 Å². The van der Waals surface area contributed by atoms with E-state index < -0.39 is 0 Å². The summed E-state index contributed by atoms with van der Waals surface area (Å²) in [6.45, 7) is 27.5. The third-order valence-electron chi connectivity index (χ3n) is 7.33. The van der Waals surface area contributed by atoms with Crippen molar-refractivity contribution >= 4 is 10.9 Å². The molecule has 0 saturated carbocycles. The first kappa shape index (κ1) is 34.5. The Hall–Kier alpha value is -3.71. The fourth-order valence-corrected chi connectivity index (χ4v) is 5.51. The zero-order valence-corrected chi connectivity index (χ0v) is 28.5. The van der Waals surface area contributed by atoms with Crippen molar-refractivity contribution in [1.29, 1.82) is 0 Å². The van der Waals surface area contributed by atoms with Gasteiger partial charge in [0.15, 0.2) is 0 Å². The molecule has 1 aliphatic carbocycles. The zero-order valence-electron chi connectivity index (χ0n) is 28.5. The molecule has 0 unspecified atom stereocenters. The van der Waals surface area contributed by atoms with Crippen LogP contribution in [-0.2, 0) is 5.41 Å². The monoisotopic (exact) mass is 559 g/mol. The summed E-state index contributed by atoms with van der Waals surface area (Å²) in [4.78, 5) is 4.34. The van der Waals surface area contributed by atoms with Gasteiger partial charge in [-0.2, -0.15) is 0 Å². The average Bonchev–Trinajstić information content (AvgIpc) is 3.16. The van der Waals surface area contributed by atoms with E-state index >= 15 is 0 Å². The molecule has 0 amide bonds. The summed E-state index contributed by atoms with van der Waals surface area (Å²) in [5.74, 6) is 0. The number of nitrogens with zero attached hydrogens (tertiary/aromatic N) is 1. The lowest BCUT2D eigenvalue weighted by molar-refractivity contribution is 0.659. The van der Waals surface area contributed by atoms with Crippen LogP contribution in [0.3, 0.4) is 0 Å². The molecule has 0 radical (unpaired) electrons. The van der Waals surface area contributed by atoms with Gasteiger partial charge in [0.2, 0.25) is 0 Å². The van der Waals surface area contributed by atoms with Gasteiger partial charge < -0.3 is 0 Å². The number of aryl methyl sites for hydroxylation is 7. The van der Waals surface area contributed by atoms with Gasteiger partial charge >= 0.3 is 0 Å². The predicted octanol–water partition coefficient (Wildman–Crippen LogP) is 12.1. The molecule has 42 heavy (non-hydrogen) atoms. The van der Waals surface area contributed by atoms with Crippen molar-refractivity contribution in [3.63, 3.8) is 0 Å². The fourth-order valence-electron chi connectivity index (χ4n) is 5.51. The largest absolute Gasteiger partial charge is 0.256 e. The molecule has 0 saturated heterocycles. The van der Waals surface area contributed by atoms with Crippen molar-refractivity contribution in [2.45, 2.75) is 95.4 Å². The van der Waals surface area contributed by atoms with Crippen LogP contribution in [0.25, 0.3) is 22.0 Å². The first-order valence-corrected chi connectivity index (χ1v) is 15.5. The summed E-state index contributed by atoms with van der Waals surface area (Å²) < 4.78 is 0. The number of hydrogen-bond acceptors (Lipinski definition) is 1. The lowest BCUT2D eigenvalue weighted by Gasteiger charge is -2.22. The van der Waals surface area contributed by atoms with Crippen LogP contribution in [0.1, 0.15) is 91.6 Å². The standard InChI is InChI=1S/C17H18.C11H11N.C9H12.2C2H6/c1-11-5-7-13-14-8-6-12(2)10-16(14)17(3,4)15(13)9-11;1-8-3-4-10-5-9(2)7-12-11(10)6-8;1-7-4-8(2)6-9(3)5-7;2*1-2/h5-10H,1-4H3;3-7H,1-2H3;4-6H,1-3H3;2*1-2H3. The Bertz CT molecular complexity index is 1460. The first-order chi connectivity index (χ1) is 19.9. The van der Waals surface area contributed by atoms with Gasteiger partial charge in [-0.05, 0) is 94.0 Å². The molecule has 0 aliphatic heterocycles. The van der Waals surface area contributed by atoms with E-state index in [0.717, 1.165) is 5.52 Å². The van der Waals surface area contributed by atoms with Crippen molar-refractivity contribution in [3.05, 3.63) is 135 Å². The normalized spacial score (nSPS) is 11.6. The van der Waals surface area contributed by atoms with Crippen LogP contribution in [0.5, 0.6) is 0 Å². The summed E-state index contributed by atoms with van der Waals surface area (Å²) in [5, 5.41) is 1.22. The van der Waals surface area contributed by atoms with Gasteiger partial charge in [0.1, 0.15) is 0 Å². The predicted molar refractivity (Wildman–Crippen MR) is 188 cm³/mol. The Morgan fingerprint density at radius 1 is 0.429 bits per heavy atom. The maximum Gasteiger partial charge on any atom is 0.0704 e. The second-order valence-electron chi connectivity index (χ2n) is 11.6. The van der Waals surface area contributed by atoms with E-state index in [1.807, 2.05) is 33.9 Å². The van der Waals surface area contributed by atoms with Crippen LogP contribution in [0, 0.1) is 48.5 Å². The van der Waals surface area contributed by atoms with Crippen molar-refractivity contribution in [2.75, 3.05) is 0 Å². The summed E-state index contributed by atoms with van der Waals surface area (Å²) >= 11 is 0. The van der Waals surface area contributed by atoms with Crippen molar-refractivity contribution < 1.29 is 0 Å². The zero-order chi connectivity index (χ0) is 31.6. The fraction of sp³-hybridized carbons (Fsp3) is 0.341. The molecule has 1 nitrogen and oxygen atoms in total. The van der Waals surface area contributed by atoms with E-state index in [1.165, 1.54) is 66.6 Å². The van der Waals surface area contributed by atoms with Gasteiger partial charge in [0.05, 0.1) is 5.52 Å². The molecule has 6 rings (SSSR count). The molecule has 4 aromatic carbocycles. The van der Waals surface area contributed by atoms with Gasteiger partial charge in [0, 0.05) is 17.0 Å². The van der Waals surface area contributed by atoms with Crippen molar-refractivity contribution in [2.24, 2.45) is 0 Å². The Labute approximate surface area is 257 Å². The summed E-state index contributed by atoms with van der Waals surface area (Å²) in [6.07, 6.45) is 1.90. The van der Waals surface area contributed by atoms with Gasteiger partial charge in [-0.3, -0.25) is 4.98 Å². The second kappa shape index (κ2) is 15.5. The van der Waals surface area contributed by atoms with E-state index in [9.17, 15) is 0 Å². The quantitative estimate of drug-likeness (QED) is 0.184. The maximum absolute atomic E-state index is 4.34. The Morgan fingerprint density at radius 2 is 0.833 bits per heavy atom. The molecule has 5 aromatic rings. The Morgan fingerprint density at radius 3 is 1.29 bits per heavy atom. The van der Waals surface area contributed by atoms with E-state index in [2.05, 4.69) is 146 Å². The average molecular weight is 560 g/mol. The number of rotatable bonds is 0. The molecule has 222 valence electrons. The maximum atomic E-state index is 4.34. The third kappa shape index (κ3) is 8.65. The van der Waals surface area contributed by atoms with E-state index in [1.54, 1.807) is 0 Å². The van der Waals surface area contributed by atoms with Gasteiger partial charge in [-0.25, -0.2) is 0 Å². The highest BCUT2D eigenvalue weighted by Crippen LogP contribution is 2.48. The number of benzene rings is 4. The summed E-state index contributed by atoms with van der Waals surface area (Å²) in [5.41, 5.74) is 16.2. The highest BCUT2D eigenvalue weighted by Gasteiger charge is 2.35. The van der Waals surface area contributed by atoms with Crippen LogP contribution in [0.2, 0.25) is 0 Å². The smallest absolute Gasteiger partial charge is 0.0704 e. The molecule has 0 spiro atoms. The van der Waals surface area contributed by atoms with Crippen LogP contribution in [0.15, 0.2) is 85.1 Å². The molecule has 0 atom stereocenters. The van der Waals surface area contributed by atoms with Crippen LogP contribution in [-0.4, -0.2) is 4.98 Å². The summed E-state index contributed by atoms with van der Waals surface area (Å²) in [6, 6.07) is 28.7. The van der Waals surface area contributed by atoms with Gasteiger partial charge in [-0.1, -0.05) is 136 Å². The number of pyridine rings is 1. The Kier molecular flexibility index (Phi) is 12.7. The molecular formula is C41H53N.